The van der Waals surface area contributed by atoms with E-state index in [2.05, 4.69) is 35.0 Å². The van der Waals surface area contributed by atoms with Gasteiger partial charge in [-0.25, -0.2) is 0 Å². The maximum absolute atomic E-state index is 11.7. The zero-order valence-corrected chi connectivity index (χ0v) is 20.2. The van der Waals surface area contributed by atoms with Crippen LogP contribution in [-0.2, 0) is 22.6 Å². The third-order valence-electron chi connectivity index (χ3n) is 7.05. The SMILES string of the molecule is CCCN1C[C@H](C(=O)O)C[C@@H]2c3cccc4[nH]c(COC)c(c34)C[C@H]21.COc1ccc(N)cc1. The van der Waals surface area contributed by atoms with E-state index >= 15 is 0 Å². The summed E-state index contributed by atoms with van der Waals surface area (Å²) in [5.41, 5.74) is 11.2. The van der Waals surface area contributed by atoms with Crippen molar-refractivity contribution in [2.24, 2.45) is 5.92 Å². The smallest absolute Gasteiger partial charge is 0.307 e. The Morgan fingerprint density at radius 3 is 2.62 bits per heavy atom. The van der Waals surface area contributed by atoms with Crippen LogP contribution in [0.1, 0.15) is 42.5 Å². The van der Waals surface area contributed by atoms with Gasteiger partial charge in [-0.15, -0.1) is 0 Å². The summed E-state index contributed by atoms with van der Waals surface area (Å²) < 4.78 is 10.3. The summed E-state index contributed by atoms with van der Waals surface area (Å²) in [6.07, 6.45) is 2.76. The predicted octanol–water partition coefficient (Wildman–Crippen LogP) is 4.42. The molecule has 1 aliphatic heterocycles. The molecule has 1 saturated heterocycles. The molecule has 0 saturated carbocycles. The van der Waals surface area contributed by atoms with Crippen molar-refractivity contribution in [3.8, 4) is 5.75 Å². The molecule has 0 amide bonds. The molecule has 182 valence electrons. The summed E-state index contributed by atoms with van der Waals surface area (Å²) >= 11 is 0. The van der Waals surface area contributed by atoms with Gasteiger partial charge in [0.2, 0.25) is 0 Å². The zero-order chi connectivity index (χ0) is 24.2. The lowest BCUT2D eigenvalue weighted by molar-refractivity contribution is -0.144. The number of nitrogens with two attached hydrogens (primary N) is 1. The van der Waals surface area contributed by atoms with E-state index in [9.17, 15) is 9.90 Å². The molecule has 0 spiro atoms. The second-order valence-corrected chi connectivity index (χ2v) is 9.20. The molecule has 1 fully saturated rings. The number of rotatable bonds is 6. The van der Waals surface area contributed by atoms with E-state index in [1.54, 1.807) is 26.4 Å². The zero-order valence-electron chi connectivity index (χ0n) is 20.2. The largest absolute Gasteiger partial charge is 0.497 e. The van der Waals surface area contributed by atoms with Crippen LogP contribution in [0.5, 0.6) is 5.75 Å². The van der Waals surface area contributed by atoms with Crippen molar-refractivity contribution >= 4 is 22.6 Å². The summed E-state index contributed by atoms with van der Waals surface area (Å²) in [6.45, 7) is 4.38. The number of benzene rings is 2. The second-order valence-electron chi connectivity index (χ2n) is 9.20. The minimum absolute atomic E-state index is 0.276. The van der Waals surface area contributed by atoms with E-state index in [4.69, 9.17) is 15.2 Å². The van der Waals surface area contributed by atoms with Crippen molar-refractivity contribution < 1.29 is 19.4 Å². The van der Waals surface area contributed by atoms with E-state index in [1.165, 1.54) is 22.2 Å². The Morgan fingerprint density at radius 2 is 1.97 bits per heavy atom. The number of H-pyrrole nitrogens is 1. The molecular formula is C27H35N3O4. The maximum atomic E-state index is 11.7. The number of aliphatic carboxylic acids is 1. The Labute approximate surface area is 200 Å². The van der Waals surface area contributed by atoms with Gasteiger partial charge < -0.3 is 25.3 Å². The number of ether oxygens (including phenoxy) is 2. The summed E-state index contributed by atoms with van der Waals surface area (Å²) in [5, 5.41) is 10.9. The molecule has 1 aliphatic carbocycles. The number of methoxy groups -OCH3 is 2. The highest BCUT2D eigenvalue weighted by Gasteiger charge is 2.43. The number of carboxylic acid groups (broad SMARTS) is 1. The quantitative estimate of drug-likeness (QED) is 0.466. The fourth-order valence-electron chi connectivity index (χ4n) is 5.55. The van der Waals surface area contributed by atoms with Gasteiger partial charge in [0, 0.05) is 47.9 Å². The van der Waals surface area contributed by atoms with Crippen molar-refractivity contribution in [1.29, 1.82) is 0 Å². The molecule has 0 radical (unpaired) electrons. The summed E-state index contributed by atoms with van der Waals surface area (Å²) in [4.78, 5) is 17.6. The topological polar surface area (TPSA) is 101 Å². The molecule has 0 bridgehead atoms. The van der Waals surface area contributed by atoms with E-state index in [0.29, 0.717) is 25.1 Å². The van der Waals surface area contributed by atoms with Gasteiger partial charge in [-0.3, -0.25) is 9.69 Å². The second kappa shape index (κ2) is 10.5. The third kappa shape index (κ3) is 4.76. The van der Waals surface area contributed by atoms with Crippen molar-refractivity contribution in [3.63, 3.8) is 0 Å². The highest BCUT2D eigenvalue weighted by molar-refractivity contribution is 5.90. The summed E-state index contributed by atoms with van der Waals surface area (Å²) in [6, 6.07) is 14.1. The van der Waals surface area contributed by atoms with Crippen LogP contribution in [0.15, 0.2) is 42.5 Å². The molecule has 7 heteroatoms. The molecule has 7 nitrogen and oxygen atoms in total. The fraction of sp³-hybridized carbons (Fsp3) is 0.444. The molecule has 4 N–H and O–H groups in total. The lowest BCUT2D eigenvalue weighted by Gasteiger charge is -2.46. The average molecular weight is 466 g/mol. The predicted molar refractivity (Wildman–Crippen MR) is 134 cm³/mol. The summed E-state index contributed by atoms with van der Waals surface area (Å²) in [7, 11) is 3.36. The Balaban J connectivity index is 0.000000257. The Morgan fingerprint density at radius 1 is 1.21 bits per heavy atom. The maximum Gasteiger partial charge on any atom is 0.307 e. The minimum Gasteiger partial charge on any atom is -0.497 e. The molecule has 3 aromatic rings. The number of hydrogen-bond donors (Lipinski definition) is 3. The Bertz CT molecular complexity index is 1120. The fourth-order valence-corrected chi connectivity index (χ4v) is 5.55. The van der Waals surface area contributed by atoms with Crippen LogP contribution in [0.3, 0.4) is 0 Å². The average Bonchev–Trinajstić information content (AvgIpc) is 3.19. The van der Waals surface area contributed by atoms with Gasteiger partial charge in [0.15, 0.2) is 0 Å². The van der Waals surface area contributed by atoms with Crippen molar-refractivity contribution in [2.75, 3.05) is 33.0 Å². The molecule has 5 rings (SSSR count). The Kier molecular flexibility index (Phi) is 7.44. The van der Waals surface area contributed by atoms with Gasteiger partial charge in [0.1, 0.15) is 5.75 Å². The van der Waals surface area contributed by atoms with Gasteiger partial charge in [0.25, 0.3) is 0 Å². The number of carboxylic acids is 1. The molecule has 3 atom stereocenters. The van der Waals surface area contributed by atoms with Crippen LogP contribution in [0.25, 0.3) is 10.9 Å². The first-order chi connectivity index (χ1) is 16.5. The van der Waals surface area contributed by atoms with Crippen LogP contribution in [0, 0.1) is 5.92 Å². The highest BCUT2D eigenvalue weighted by Crippen LogP contribution is 2.45. The molecule has 1 aromatic heterocycles. The van der Waals surface area contributed by atoms with E-state index in [-0.39, 0.29) is 5.92 Å². The van der Waals surface area contributed by atoms with Crippen LogP contribution in [0.4, 0.5) is 5.69 Å². The normalized spacial score (nSPS) is 21.4. The molecule has 34 heavy (non-hydrogen) atoms. The first-order valence-electron chi connectivity index (χ1n) is 11.9. The molecular weight excluding hydrogens is 430 g/mol. The van der Waals surface area contributed by atoms with Crippen molar-refractivity contribution in [3.05, 3.63) is 59.3 Å². The van der Waals surface area contributed by atoms with E-state index in [1.807, 2.05) is 12.1 Å². The van der Waals surface area contributed by atoms with E-state index in [0.717, 1.165) is 42.8 Å². The number of fused-ring (bicyclic) bond motifs is 2. The number of likely N-dealkylation sites (tertiary alicyclic amines) is 1. The molecule has 2 aliphatic rings. The number of nitrogens with zero attached hydrogens (tertiary/aromatic N) is 1. The van der Waals surface area contributed by atoms with Gasteiger partial charge in [-0.05, 0) is 67.3 Å². The third-order valence-corrected chi connectivity index (χ3v) is 7.05. The van der Waals surface area contributed by atoms with Crippen molar-refractivity contribution in [2.45, 2.75) is 44.8 Å². The van der Waals surface area contributed by atoms with Gasteiger partial charge >= 0.3 is 5.97 Å². The number of anilines is 1. The van der Waals surface area contributed by atoms with Gasteiger partial charge in [-0.1, -0.05) is 19.1 Å². The number of hydrogen-bond acceptors (Lipinski definition) is 5. The first kappa shape index (κ1) is 24.1. The summed E-state index contributed by atoms with van der Waals surface area (Å²) in [5.74, 6) is 0.196. The standard InChI is InChI=1S/C20H26N2O3.C7H9NO/c1-3-7-22-10-12(20(23)24)8-14-13-5-4-6-16-19(13)15(9-18(14)22)17(21-16)11-25-2;1-9-7-4-2-6(8)3-5-7/h4-6,12,14,18,21H,3,7-11H2,1-2H3,(H,23,24);2-5H,8H2,1H3/t12-,14-,18-;/m1./s1. The number of piperidine rings is 1. The van der Waals surface area contributed by atoms with Crippen LogP contribution < -0.4 is 10.5 Å². The molecule has 0 unspecified atom stereocenters. The number of nitrogen functional groups attached to an aromatic ring is 1. The number of carbonyl (C=O) groups is 1. The minimum atomic E-state index is -0.660. The molecule has 2 heterocycles. The van der Waals surface area contributed by atoms with Crippen LogP contribution >= 0.6 is 0 Å². The lowest BCUT2D eigenvalue weighted by Crippen LogP contribution is -2.51. The lowest BCUT2D eigenvalue weighted by atomic mass is 9.72. The number of aromatic amines is 1. The molecule has 2 aromatic carbocycles. The van der Waals surface area contributed by atoms with Crippen LogP contribution in [-0.4, -0.2) is 54.3 Å². The highest BCUT2D eigenvalue weighted by atomic mass is 16.5. The number of aromatic nitrogens is 1. The van der Waals surface area contributed by atoms with Gasteiger partial charge in [-0.2, -0.15) is 0 Å². The van der Waals surface area contributed by atoms with E-state index < -0.39 is 5.97 Å². The first-order valence-corrected chi connectivity index (χ1v) is 11.9. The van der Waals surface area contributed by atoms with Crippen LogP contribution in [0.2, 0.25) is 0 Å². The van der Waals surface area contributed by atoms with Gasteiger partial charge in [0.05, 0.1) is 19.6 Å². The van der Waals surface area contributed by atoms with Crippen molar-refractivity contribution in [1.82, 2.24) is 9.88 Å². The Hall–Kier alpha value is -3.03. The monoisotopic (exact) mass is 465 g/mol. The number of nitrogens with one attached hydrogen (secondary N) is 1.